The molecule has 4 rings (SSSR count). The second-order valence-electron chi connectivity index (χ2n) is 8.20. The zero-order valence-electron chi connectivity index (χ0n) is 18.1. The average Bonchev–Trinajstić information content (AvgIpc) is 2.84. The molecule has 0 unspecified atom stereocenters. The van der Waals surface area contributed by atoms with Gasteiger partial charge in [-0.1, -0.05) is 36.4 Å². The smallest absolute Gasteiger partial charge is 0.363 e. The second-order valence-corrected chi connectivity index (χ2v) is 8.20. The van der Waals surface area contributed by atoms with E-state index in [1.165, 1.54) is 6.07 Å². The molecule has 2 atom stereocenters. The lowest BCUT2D eigenvalue weighted by atomic mass is 9.85. The van der Waals surface area contributed by atoms with Gasteiger partial charge in [-0.15, -0.1) is 0 Å². The highest BCUT2D eigenvalue weighted by Crippen LogP contribution is 2.44. The van der Waals surface area contributed by atoms with Crippen molar-refractivity contribution in [2.45, 2.75) is 31.6 Å². The van der Waals surface area contributed by atoms with Crippen molar-refractivity contribution >= 4 is 11.9 Å². The van der Waals surface area contributed by atoms with Gasteiger partial charge < -0.3 is 14.7 Å². The van der Waals surface area contributed by atoms with Crippen LogP contribution < -0.4 is 4.74 Å². The molecule has 166 valence electrons. The van der Waals surface area contributed by atoms with Crippen LogP contribution in [0.15, 0.2) is 78.9 Å². The van der Waals surface area contributed by atoms with Crippen molar-refractivity contribution in [2.75, 3.05) is 0 Å². The van der Waals surface area contributed by atoms with E-state index in [1.807, 2.05) is 0 Å². The number of hydrogen-bond donors (Lipinski definition) is 1. The number of fused-ring (bicyclic) bond motifs is 1. The van der Waals surface area contributed by atoms with E-state index >= 15 is 0 Å². The highest BCUT2D eigenvalue weighted by atomic mass is 16.7. The van der Waals surface area contributed by atoms with E-state index in [9.17, 15) is 20.0 Å². The lowest BCUT2D eigenvalue weighted by Gasteiger charge is -2.45. The molecule has 7 nitrogen and oxygen atoms in total. The van der Waals surface area contributed by atoms with E-state index in [-0.39, 0.29) is 11.1 Å². The van der Waals surface area contributed by atoms with Crippen LogP contribution in [0.25, 0.3) is 0 Å². The molecule has 0 saturated heterocycles. The molecule has 0 aromatic heterocycles. The van der Waals surface area contributed by atoms with Crippen molar-refractivity contribution in [1.82, 2.24) is 5.06 Å². The maximum Gasteiger partial charge on any atom is 0.363 e. The molecule has 0 saturated carbocycles. The Morgan fingerprint density at radius 3 is 2.21 bits per heavy atom. The van der Waals surface area contributed by atoms with Crippen molar-refractivity contribution in [3.05, 3.63) is 101 Å². The van der Waals surface area contributed by atoms with E-state index in [4.69, 9.17) is 9.57 Å². The molecule has 0 bridgehead atoms. The molecule has 7 heteroatoms. The minimum atomic E-state index is -1.27. The quantitative estimate of drug-likeness (QED) is 0.615. The summed E-state index contributed by atoms with van der Waals surface area (Å²) in [6.07, 6.45) is -1.27. The summed E-state index contributed by atoms with van der Waals surface area (Å²) in [6.45, 7) is 3.35. The summed E-state index contributed by atoms with van der Waals surface area (Å²) in [5, 5.41) is 21.5. The number of carbonyl (C=O) groups excluding carboxylic acids is 2. The van der Waals surface area contributed by atoms with E-state index in [1.54, 1.807) is 86.6 Å². The standard InChI is InChI=1S/C26H22N2O5/c1-26(2)23(29)22(20-15-17(16-27)13-14-21(20)32-26)28(24(30)18-9-5-3-6-10-18)33-25(31)19-11-7-4-8-12-19/h3-15,22-23,29H,1-2H3/t22-,23+/m0/s1. The maximum atomic E-state index is 13.6. The SMILES string of the molecule is CC1(C)Oc2ccc(C#N)cc2[C@H](N(OC(=O)c2ccccc2)C(=O)c2ccccc2)[C@H]1O. The molecule has 1 N–H and O–H groups in total. The molecular formula is C26H22N2O5. The average molecular weight is 442 g/mol. The molecule has 1 aliphatic heterocycles. The number of nitriles is 1. The van der Waals surface area contributed by atoms with Crippen molar-refractivity contribution in [1.29, 1.82) is 5.26 Å². The number of ether oxygens (including phenoxy) is 1. The number of rotatable bonds is 3. The first kappa shape index (κ1) is 22.1. The van der Waals surface area contributed by atoms with Gasteiger partial charge >= 0.3 is 5.97 Å². The topological polar surface area (TPSA) is 99.9 Å². The number of hydrogen-bond acceptors (Lipinski definition) is 6. The molecule has 1 amide bonds. The molecule has 0 spiro atoms. The zero-order valence-corrected chi connectivity index (χ0v) is 18.1. The fraction of sp³-hybridized carbons (Fsp3) is 0.192. The molecule has 0 aliphatic carbocycles. The first-order chi connectivity index (χ1) is 15.8. The fourth-order valence-corrected chi connectivity index (χ4v) is 3.74. The highest BCUT2D eigenvalue weighted by molar-refractivity contribution is 5.96. The Kier molecular flexibility index (Phi) is 5.86. The van der Waals surface area contributed by atoms with E-state index < -0.39 is 29.6 Å². The van der Waals surface area contributed by atoms with E-state index in [2.05, 4.69) is 6.07 Å². The van der Waals surface area contributed by atoms with Crippen LogP contribution in [0.4, 0.5) is 0 Å². The first-order valence-corrected chi connectivity index (χ1v) is 10.4. The van der Waals surface area contributed by atoms with Gasteiger partial charge in [0.1, 0.15) is 23.5 Å². The number of aliphatic hydroxyl groups excluding tert-OH is 1. The van der Waals surface area contributed by atoms with Crippen LogP contribution in [0.5, 0.6) is 5.75 Å². The number of aliphatic hydroxyl groups is 1. The molecule has 3 aromatic carbocycles. The number of benzene rings is 3. The monoisotopic (exact) mass is 442 g/mol. The van der Waals surface area contributed by atoms with E-state index in [0.717, 1.165) is 5.06 Å². The number of carbonyl (C=O) groups is 2. The summed E-state index contributed by atoms with van der Waals surface area (Å²) in [5.41, 5.74) is 0.0880. The Labute approximate surface area is 191 Å². The molecule has 3 aromatic rings. The van der Waals surface area contributed by atoms with Gasteiger partial charge in [-0.25, -0.2) is 4.79 Å². The first-order valence-electron chi connectivity index (χ1n) is 10.4. The van der Waals surface area contributed by atoms with Crippen LogP contribution >= 0.6 is 0 Å². The van der Waals surface area contributed by atoms with Crippen LogP contribution in [-0.2, 0) is 4.84 Å². The Morgan fingerprint density at radius 2 is 1.61 bits per heavy atom. The predicted octanol–water partition coefficient (Wildman–Crippen LogP) is 4.05. The van der Waals surface area contributed by atoms with Crippen molar-refractivity contribution in [3.63, 3.8) is 0 Å². The Hall–Kier alpha value is -4.15. The van der Waals surface area contributed by atoms with Crippen molar-refractivity contribution < 1.29 is 24.3 Å². The van der Waals surface area contributed by atoms with Gasteiger partial charge in [0.25, 0.3) is 5.91 Å². The largest absolute Gasteiger partial charge is 0.485 e. The van der Waals surface area contributed by atoms with Gasteiger partial charge in [0.05, 0.1) is 17.2 Å². The Balaban J connectivity index is 1.84. The van der Waals surface area contributed by atoms with E-state index in [0.29, 0.717) is 16.9 Å². The minimum absolute atomic E-state index is 0.246. The van der Waals surface area contributed by atoms with Gasteiger partial charge in [-0.3, -0.25) is 4.79 Å². The highest BCUT2D eigenvalue weighted by Gasteiger charge is 2.48. The van der Waals surface area contributed by atoms with Crippen molar-refractivity contribution in [2.24, 2.45) is 0 Å². The third kappa shape index (κ3) is 4.29. The van der Waals surface area contributed by atoms with Crippen LogP contribution in [-0.4, -0.2) is 33.8 Å². The van der Waals surface area contributed by atoms with Crippen LogP contribution in [0.1, 0.15) is 51.7 Å². The van der Waals surface area contributed by atoms with Gasteiger partial charge in [0.2, 0.25) is 0 Å². The van der Waals surface area contributed by atoms with Gasteiger partial charge in [0, 0.05) is 11.1 Å². The summed E-state index contributed by atoms with van der Waals surface area (Å²) in [5.74, 6) is -0.986. The molecule has 1 heterocycles. The zero-order chi connectivity index (χ0) is 23.6. The Bertz CT molecular complexity index is 1220. The molecule has 0 fully saturated rings. The minimum Gasteiger partial charge on any atom is -0.485 e. The van der Waals surface area contributed by atoms with Gasteiger partial charge in [-0.2, -0.15) is 10.3 Å². The lowest BCUT2D eigenvalue weighted by molar-refractivity contribution is -0.168. The predicted molar refractivity (Wildman–Crippen MR) is 119 cm³/mol. The van der Waals surface area contributed by atoms with Crippen LogP contribution in [0.2, 0.25) is 0 Å². The molecule has 0 radical (unpaired) electrons. The second kappa shape index (κ2) is 8.77. The van der Waals surface area contributed by atoms with Crippen molar-refractivity contribution in [3.8, 4) is 11.8 Å². The number of nitrogens with zero attached hydrogens (tertiary/aromatic N) is 2. The normalized spacial score (nSPS) is 18.2. The number of amides is 1. The molecular weight excluding hydrogens is 420 g/mol. The van der Waals surface area contributed by atoms with Gasteiger partial charge in [0.15, 0.2) is 0 Å². The fourth-order valence-electron chi connectivity index (χ4n) is 3.74. The Morgan fingerprint density at radius 1 is 1.00 bits per heavy atom. The molecule has 1 aliphatic rings. The third-order valence-corrected chi connectivity index (χ3v) is 5.51. The summed E-state index contributed by atoms with van der Waals surface area (Å²) >= 11 is 0. The van der Waals surface area contributed by atoms with Crippen LogP contribution in [0, 0.1) is 11.3 Å². The lowest BCUT2D eigenvalue weighted by Crippen LogP contribution is -2.55. The summed E-state index contributed by atoms with van der Waals surface area (Å²) in [7, 11) is 0. The molecule has 33 heavy (non-hydrogen) atoms. The summed E-state index contributed by atoms with van der Waals surface area (Å²) < 4.78 is 5.95. The van der Waals surface area contributed by atoms with Gasteiger partial charge in [-0.05, 0) is 56.3 Å². The maximum absolute atomic E-state index is 13.6. The summed E-state index contributed by atoms with van der Waals surface area (Å²) in [6, 6.07) is 22.2. The number of hydroxylamine groups is 2. The third-order valence-electron chi connectivity index (χ3n) is 5.51. The van der Waals surface area contributed by atoms with Crippen LogP contribution in [0.3, 0.4) is 0 Å². The summed E-state index contributed by atoms with van der Waals surface area (Å²) in [4.78, 5) is 32.2.